The zero-order chi connectivity index (χ0) is 38.3. The van der Waals surface area contributed by atoms with Gasteiger partial charge in [-0.1, -0.05) is 0 Å². The third-order valence-electron chi connectivity index (χ3n) is 10.5. The Bertz CT molecular complexity index is 2720. The first-order chi connectivity index (χ1) is 28.2. The molecular weight excluding hydrogens is 810 g/mol. The summed E-state index contributed by atoms with van der Waals surface area (Å²) in [5, 5.41) is 1.88. The molecule has 0 atom stereocenters. The Balaban J connectivity index is 1.52. The standard InChI is InChI=1S/C44H28N4.2C3H5O.Sb/c1-5-13-29(14-6-1)41-33-21-23-35(45-33)42(30-15-7-2-8-16-30)37-25-27-39(47-37)44(32-19-11-4-12-20-32)40-28-26-38(48-40)43(31-17-9-3-10-18-31)36-24-22-34(41)46-36;2*1-2-3-4;/h1-28H;2*2H,1,3H2;/q-2;2*-1;+5. The van der Waals surface area contributed by atoms with Gasteiger partial charge in [0.25, 0.3) is 0 Å². The molecule has 0 unspecified atom stereocenters. The molecule has 10 rings (SSSR count). The molecular formula is C50H38N4O2Sb+. The van der Waals surface area contributed by atoms with Crippen molar-refractivity contribution >= 4 is 53.9 Å². The van der Waals surface area contributed by atoms with Gasteiger partial charge in [-0.2, -0.15) is 0 Å². The Hall–Kier alpha value is -6.30. The average molecular weight is 849 g/mol. The van der Waals surface area contributed by atoms with Gasteiger partial charge in [0.1, 0.15) is 0 Å². The first kappa shape index (κ1) is 35.1. The second-order valence-corrected chi connectivity index (χ2v) is 20.4. The Labute approximate surface area is 337 Å². The van der Waals surface area contributed by atoms with Crippen LogP contribution >= 0.6 is 0 Å². The summed E-state index contributed by atoms with van der Waals surface area (Å²) in [5.41, 5.74) is 13.4. The molecule has 0 N–H and O–H groups in total. The van der Waals surface area contributed by atoms with E-state index in [9.17, 15) is 0 Å². The molecule has 0 fully saturated rings. The summed E-state index contributed by atoms with van der Waals surface area (Å²) in [5.74, 6) is 0. The van der Waals surface area contributed by atoms with E-state index in [-0.39, 0.29) is 13.2 Å². The zero-order valence-corrected chi connectivity index (χ0v) is 33.8. The third-order valence-corrected chi connectivity index (χ3v) is 18.6. The monoisotopic (exact) mass is 847 g/mol. The second kappa shape index (κ2) is 14.6. The Kier molecular flexibility index (Phi) is 9.03. The number of aromatic nitrogens is 2. The van der Waals surface area contributed by atoms with Gasteiger partial charge < -0.3 is 0 Å². The first-order valence-corrected chi connectivity index (χ1v) is 23.4. The topological polar surface area (TPSA) is 53.0 Å². The van der Waals surface area contributed by atoms with E-state index in [0.29, 0.717) is 0 Å². The van der Waals surface area contributed by atoms with Crippen molar-refractivity contribution in [3.8, 4) is 0 Å². The van der Waals surface area contributed by atoms with Gasteiger partial charge in [0.15, 0.2) is 0 Å². The summed E-state index contributed by atoms with van der Waals surface area (Å²) in [7, 11) is 0. The molecule has 4 aliphatic heterocycles. The predicted molar refractivity (Wildman–Crippen MR) is 233 cm³/mol. The molecule has 57 heavy (non-hydrogen) atoms. The van der Waals surface area contributed by atoms with E-state index >= 15 is 0 Å². The number of hydrogen-bond donors (Lipinski definition) is 0. The maximum absolute atomic E-state index is 7.54. The number of fused-ring (bicyclic) bond motifs is 2. The van der Waals surface area contributed by atoms with Crippen LogP contribution < -0.4 is 10.7 Å². The van der Waals surface area contributed by atoms with Gasteiger partial charge >= 0.3 is 340 Å². The number of hydrogen-bond acceptors (Lipinski definition) is 4. The van der Waals surface area contributed by atoms with Crippen molar-refractivity contribution in [1.29, 1.82) is 0 Å². The molecule has 6 aromatic rings. The summed E-state index contributed by atoms with van der Waals surface area (Å²) in [6.07, 6.45) is 12.2. The molecule has 6 nitrogen and oxygen atoms in total. The normalized spacial score (nSPS) is 16.1. The predicted octanol–water partition coefficient (Wildman–Crippen LogP) is 8.49. The molecule has 6 heterocycles. The van der Waals surface area contributed by atoms with Crippen LogP contribution in [0.5, 0.6) is 0 Å². The van der Waals surface area contributed by atoms with Crippen molar-refractivity contribution in [3.63, 3.8) is 0 Å². The van der Waals surface area contributed by atoms with Crippen molar-refractivity contribution < 1.29 is 6.03 Å². The molecule has 7 heteroatoms. The average Bonchev–Trinajstić information content (AvgIpc) is 4.10. The molecule has 2 aromatic heterocycles. The fraction of sp³-hybridized carbons (Fsp3) is 0.0400. The van der Waals surface area contributed by atoms with Crippen LogP contribution in [0, 0.1) is 0 Å². The molecule has 0 amide bonds. The molecule has 4 aliphatic rings. The van der Waals surface area contributed by atoms with Crippen molar-refractivity contribution in [1.82, 2.24) is 5.45 Å². The zero-order valence-electron chi connectivity index (χ0n) is 31.2. The molecule has 6 bridgehead atoms. The Morgan fingerprint density at radius 3 is 1.18 bits per heavy atom. The van der Waals surface area contributed by atoms with Crippen molar-refractivity contribution in [2.24, 2.45) is 9.98 Å². The van der Waals surface area contributed by atoms with Crippen LogP contribution in [0.4, 0.5) is 0 Å². The molecule has 0 saturated carbocycles. The molecule has 0 aliphatic carbocycles. The van der Waals surface area contributed by atoms with E-state index in [0.717, 1.165) is 89.4 Å². The van der Waals surface area contributed by atoms with Gasteiger partial charge in [-0.05, 0) is 0 Å². The summed E-state index contributed by atoms with van der Waals surface area (Å²) >= 11 is -5.11. The number of aliphatic imine (C=N–C) groups is 2. The quantitative estimate of drug-likeness (QED) is 0.103. The molecule has 0 radical (unpaired) electrons. The fourth-order valence-corrected chi connectivity index (χ4v) is 17.0. The van der Waals surface area contributed by atoms with Gasteiger partial charge in [-0.3, -0.25) is 0 Å². The van der Waals surface area contributed by atoms with E-state index in [1.165, 1.54) is 0 Å². The summed E-state index contributed by atoms with van der Waals surface area (Å²) in [4.78, 5) is 11.0. The number of benzene rings is 4. The molecule has 274 valence electrons. The van der Waals surface area contributed by atoms with Crippen LogP contribution in [0.15, 0.2) is 217 Å². The van der Waals surface area contributed by atoms with Crippen LogP contribution in [0.25, 0.3) is 22.3 Å². The van der Waals surface area contributed by atoms with Crippen LogP contribution in [-0.2, 0) is 6.03 Å². The van der Waals surface area contributed by atoms with Gasteiger partial charge in [0, 0.05) is 0 Å². The summed E-state index contributed by atoms with van der Waals surface area (Å²) < 4.78 is 19.9. The Morgan fingerprint density at radius 1 is 0.439 bits per heavy atom. The number of allylic oxidation sites excluding steroid dienone is 4. The number of rotatable bonds is 10. The Morgan fingerprint density at radius 2 is 0.807 bits per heavy atom. The molecule has 0 saturated heterocycles. The van der Waals surface area contributed by atoms with Crippen molar-refractivity contribution in [2.75, 3.05) is 13.2 Å². The minimum atomic E-state index is -5.11. The van der Waals surface area contributed by atoms with Crippen LogP contribution in [0.1, 0.15) is 33.6 Å². The second-order valence-electron chi connectivity index (χ2n) is 13.9. The first-order valence-electron chi connectivity index (χ1n) is 19.0. The molecule has 0 spiro atoms. The van der Waals surface area contributed by atoms with E-state index in [4.69, 9.17) is 16.0 Å². The van der Waals surface area contributed by atoms with Crippen LogP contribution in [0.2, 0.25) is 0 Å². The van der Waals surface area contributed by atoms with Crippen molar-refractivity contribution in [2.45, 2.75) is 0 Å². The van der Waals surface area contributed by atoms with Gasteiger partial charge in [0.2, 0.25) is 0 Å². The third kappa shape index (κ3) is 5.79. The van der Waals surface area contributed by atoms with Gasteiger partial charge in [-0.25, -0.2) is 0 Å². The summed E-state index contributed by atoms with van der Waals surface area (Å²) in [6.45, 7) is 8.86. The van der Waals surface area contributed by atoms with E-state index in [1.54, 1.807) is 0 Å². The van der Waals surface area contributed by atoms with E-state index < -0.39 is 20.2 Å². The van der Waals surface area contributed by atoms with Crippen LogP contribution in [-0.4, -0.2) is 50.3 Å². The van der Waals surface area contributed by atoms with E-state index in [2.05, 4.69) is 189 Å². The SMILES string of the molecule is C=CC[O][Sb+]1([O]CC=C)[n]2c3ccc2C(c2ccccc2)=C2C=CC(=N2)C(c2ccccc2)=c2ccc([n]21)=C(c1ccccc1)C1=NC(=C3c2ccccc2)C=C1. The summed E-state index contributed by atoms with van der Waals surface area (Å²) in [6, 6.07) is 50.9. The van der Waals surface area contributed by atoms with Crippen molar-refractivity contribution in [3.05, 3.63) is 251 Å². The van der Waals surface area contributed by atoms with E-state index in [1.807, 2.05) is 12.2 Å². The molecule has 4 aromatic carbocycles. The number of nitrogens with zero attached hydrogens (tertiary/aromatic N) is 4. The fourth-order valence-electron chi connectivity index (χ4n) is 8.22. The van der Waals surface area contributed by atoms with Gasteiger partial charge in [0.05, 0.1) is 0 Å². The van der Waals surface area contributed by atoms with Crippen LogP contribution in [0.3, 0.4) is 0 Å². The minimum absolute atomic E-state index is 0.255. The van der Waals surface area contributed by atoms with Gasteiger partial charge in [-0.15, -0.1) is 0 Å². The maximum atomic E-state index is 7.54.